The first-order valence-electron chi connectivity index (χ1n) is 11.0. The molecule has 0 aliphatic rings. The van der Waals surface area contributed by atoms with Gasteiger partial charge in [-0.3, -0.25) is 19.9 Å². The van der Waals surface area contributed by atoms with E-state index in [4.69, 9.17) is 0 Å². The first kappa shape index (κ1) is 22.9. The summed E-state index contributed by atoms with van der Waals surface area (Å²) in [6, 6.07) is 25.3. The number of benzene rings is 3. The number of fused-ring (bicyclic) bond motifs is 1. The van der Waals surface area contributed by atoms with Gasteiger partial charge in [-0.1, -0.05) is 54.6 Å². The number of aromatic nitrogens is 1. The van der Waals surface area contributed by atoms with Crippen LogP contribution in [0.5, 0.6) is 0 Å². The number of carboxylic acids is 1. The summed E-state index contributed by atoms with van der Waals surface area (Å²) < 4.78 is 0. The van der Waals surface area contributed by atoms with Gasteiger partial charge in [-0.2, -0.15) is 0 Å². The molecule has 4 aromatic rings. The Morgan fingerprint density at radius 2 is 1.68 bits per heavy atom. The molecule has 1 atom stereocenters. The van der Waals surface area contributed by atoms with Crippen molar-refractivity contribution < 1.29 is 14.7 Å². The van der Waals surface area contributed by atoms with Gasteiger partial charge in [0, 0.05) is 41.1 Å². The Balaban J connectivity index is 1.38. The number of carbonyl (C=O) groups is 2. The average Bonchev–Trinajstić information content (AvgIpc) is 2.84. The summed E-state index contributed by atoms with van der Waals surface area (Å²) in [5.74, 6) is -1.19. The Hall–Kier alpha value is -4.23. The summed E-state index contributed by atoms with van der Waals surface area (Å²) in [5, 5.41) is 19.7. The van der Waals surface area contributed by atoms with Gasteiger partial charge in [0.05, 0.1) is 5.52 Å². The number of hydrogen-bond acceptors (Lipinski definition) is 5. The van der Waals surface area contributed by atoms with Gasteiger partial charge in [0.1, 0.15) is 6.04 Å². The summed E-state index contributed by atoms with van der Waals surface area (Å²) in [7, 11) is 0. The SMILES string of the molecule is Cc1cc(Nc2cccc(C(=O)NCCNC(C(=O)O)c3ccccc3)c2)c2ccccc2n1. The van der Waals surface area contributed by atoms with E-state index in [0.29, 0.717) is 24.2 Å². The Bertz CT molecular complexity index is 1310. The van der Waals surface area contributed by atoms with E-state index >= 15 is 0 Å². The third-order valence-electron chi connectivity index (χ3n) is 5.39. The molecule has 4 rings (SSSR count). The van der Waals surface area contributed by atoms with Crippen molar-refractivity contribution in [3.05, 3.63) is 102 Å². The largest absolute Gasteiger partial charge is 0.480 e. The lowest BCUT2D eigenvalue weighted by Crippen LogP contribution is -2.36. The van der Waals surface area contributed by atoms with Gasteiger partial charge in [0.2, 0.25) is 0 Å². The van der Waals surface area contributed by atoms with Crippen LogP contribution >= 0.6 is 0 Å². The number of pyridine rings is 1. The highest BCUT2D eigenvalue weighted by Crippen LogP contribution is 2.26. The van der Waals surface area contributed by atoms with Gasteiger partial charge < -0.3 is 15.7 Å². The molecule has 1 heterocycles. The molecule has 1 amide bonds. The molecule has 0 aliphatic carbocycles. The minimum atomic E-state index is -0.963. The minimum absolute atomic E-state index is 0.229. The molecule has 0 fully saturated rings. The molecular weight excluding hydrogens is 428 g/mol. The number of para-hydroxylation sites is 1. The molecule has 0 aliphatic heterocycles. The quantitative estimate of drug-likeness (QED) is 0.279. The summed E-state index contributed by atoms with van der Waals surface area (Å²) in [4.78, 5) is 28.8. The smallest absolute Gasteiger partial charge is 0.325 e. The number of nitrogens with one attached hydrogen (secondary N) is 3. The zero-order valence-corrected chi connectivity index (χ0v) is 18.8. The number of aryl methyl sites for hydroxylation is 1. The van der Waals surface area contributed by atoms with Crippen LogP contribution in [0.2, 0.25) is 0 Å². The lowest BCUT2D eigenvalue weighted by Gasteiger charge is -2.15. The van der Waals surface area contributed by atoms with Crippen molar-refractivity contribution >= 4 is 34.2 Å². The molecule has 172 valence electrons. The van der Waals surface area contributed by atoms with Crippen LogP contribution in [-0.4, -0.2) is 35.1 Å². The van der Waals surface area contributed by atoms with Crippen molar-refractivity contribution in [3.8, 4) is 0 Å². The van der Waals surface area contributed by atoms with Crippen LogP contribution in [0, 0.1) is 6.92 Å². The first-order chi connectivity index (χ1) is 16.5. The predicted octanol–water partition coefficient (Wildman–Crippen LogP) is 4.43. The standard InChI is InChI=1S/C27H26N4O3/c1-18-16-24(22-12-5-6-13-23(22)30-18)31-21-11-7-10-20(17-21)26(32)29-15-14-28-25(27(33)34)19-8-3-2-4-9-19/h2-13,16-17,25,28H,14-15H2,1H3,(H,29,32)(H,30,31)(H,33,34). The van der Waals surface area contributed by atoms with Gasteiger partial charge in [0.25, 0.3) is 5.91 Å². The maximum absolute atomic E-state index is 12.7. The second-order valence-corrected chi connectivity index (χ2v) is 7.93. The summed E-state index contributed by atoms with van der Waals surface area (Å²) in [6.45, 7) is 2.56. The van der Waals surface area contributed by atoms with Gasteiger partial charge in [-0.15, -0.1) is 0 Å². The van der Waals surface area contributed by atoms with E-state index in [1.807, 2.05) is 55.5 Å². The number of aliphatic carboxylic acids is 1. The second-order valence-electron chi connectivity index (χ2n) is 7.93. The van der Waals surface area contributed by atoms with Crippen LogP contribution in [0.3, 0.4) is 0 Å². The topological polar surface area (TPSA) is 103 Å². The number of anilines is 2. The lowest BCUT2D eigenvalue weighted by atomic mass is 10.1. The Labute approximate surface area is 197 Å². The number of carbonyl (C=O) groups excluding carboxylic acids is 1. The average molecular weight is 455 g/mol. The molecule has 0 saturated heterocycles. The molecule has 0 saturated carbocycles. The molecule has 0 bridgehead atoms. The highest BCUT2D eigenvalue weighted by atomic mass is 16.4. The van der Waals surface area contributed by atoms with E-state index in [-0.39, 0.29) is 5.91 Å². The Kier molecular flexibility index (Phi) is 7.15. The molecule has 7 heteroatoms. The Morgan fingerprint density at radius 1 is 0.912 bits per heavy atom. The first-order valence-corrected chi connectivity index (χ1v) is 11.0. The summed E-state index contributed by atoms with van der Waals surface area (Å²) in [6.07, 6.45) is 0. The van der Waals surface area contributed by atoms with E-state index in [1.54, 1.807) is 36.4 Å². The van der Waals surface area contributed by atoms with Crippen LogP contribution in [0.15, 0.2) is 84.9 Å². The normalized spacial score (nSPS) is 11.7. The molecule has 0 spiro atoms. The van der Waals surface area contributed by atoms with E-state index in [9.17, 15) is 14.7 Å². The van der Waals surface area contributed by atoms with Crippen LogP contribution < -0.4 is 16.0 Å². The summed E-state index contributed by atoms with van der Waals surface area (Å²) in [5.41, 5.74) is 4.69. The van der Waals surface area contributed by atoms with Crippen molar-refractivity contribution in [3.63, 3.8) is 0 Å². The van der Waals surface area contributed by atoms with Gasteiger partial charge in [0.15, 0.2) is 0 Å². The Morgan fingerprint density at radius 3 is 2.47 bits per heavy atom. The van der Waals surface area contributed by atoms with E-state index in [2.05, 4.69) is 20.9 Å². The third kappa shape index (κ3) is 5.57. The molecule has 7 nitrogen and oxygen atoms in total. The van der Waals surface area contributed by atoms with Crippen LogP contribution in [0.25, 0.3) is 10.9 Å². The van der Waals surface area contributed by atoms with Crippen LogP contribution in [-0.2, 0) is 4.79 Å². The monoisotopic (exact) mass is 454 g/mol. The van der Waals surface area contributed by atoms with Crippen molar-refractivity contribution in [1.82, 2.24) is 15.6 Å². The number of amides is 1. The maximum Gasteiger partial charge on any atom is 0.325 e. The molecule has 34 heavy (non-hydrogen) atoms. The van der Waals surface area contributed by atoms with Gasteiger partial charge in [-0.25, -0.2) is 0 Å². The number of rotatable bonds is 9. The molecule has 4 N–H and O–H groups in total. The minimum Gasteiger partial charge on any atom is -0.480 e. The maximum atomic E-state index is 12.7. The van der Waals surface area contributed by atoms with Gasteiger partial charge >= 0.3 is 5.97 Å². The lowest BCUT2D eigenvalue weighted by molar-refractivity contribution is -0.139. The zero-order valence-electron chi connectivity index (χ0n) is 18.8. The fraction of sp³-hybridized carbons (Fsp3) is 0.148. The third-order valence-corrected chi connectivity index (χ3v) is 5.39. The molecule has 1 aromatic heterocycles. The summed E-state index contributed by atoms with van der Waals surface area (Å²) >= 11 is 0. The van der Waals surface area contributed by atoms with E-state index in [1.165, 1.54) is 0 Å². The van der Waals surface area contributed by atoms with Crippen molar-refractivity contribution in [1.29, 1.82) is 0 Å². The fourth-order valence-electron chi connectivity index (χ4n) is 3.79. The molecule has 1 unspecified atom stereocenters. The van der Waals surface area contributed by atoms with Crippen LogP contribution in [0.4, 0.5) is 11.4 Å². The van der Waals surface area contributed by atoms with Crippen molar-refractivity contribution in [2.75, 3.05) is 18.4 Å². The number of hydrogen-bond donors (Lipinski definition) is 4. The predicted molar refractivity (Wildman–Crippen MR) is 133 cm³/mol. The van der Waals surface area contributed by atoms with E-state index < -0.39 is 12.0 Å². The number of carboxylic acid groups (broad SMARTS) is 1. The zero-order chi connectivity index (χ0) is 23.9. The fourth-order valence-corrected chi connectivity index (χ4v) is 3.79. The molecular formula is C27H26N4O3. The molecule has 0 radical (unpaired) electrons. The molecule has 3 aromatic carbocycles. The van der Waals surface area contributed by atoms with Gasteiger partial charge in [-0.05, 0) is 42.8 Å². The van der Waals surface area contributed by atoms with E-state index in [0.717, 1.165) is 28.0 Å². The van der Waals surface area contributed by atoms with Crippen LogP contribution in [0.1, 0.15) is 27.7 Å². The number of nitrogens with zero attached hydrogens (tertiary/aromatic N) is 1. The highest BCUT2D eigenvalue weighted by Gasteiger charge is 2.18. The second kappa shape index (κ2) is 10.6. The highest BCUT2D eigenvalue weighted by molar-refractivity contribution is 5.96. The van der Waals surface area contributed by atoms with Crippen molar-refractivity contribution in [2.24, 2.45) is 0 Å². The van der Waals surface area contributed by atoms with Crippen molar-refractivity contribution in [2.45, 2.75) is 13.0 Å².